The normalized spacial score (nSPS) is 25.7. The predicted molar refractivity (Wildman–Crippen MR) is 56.4 cm³/mol. The number of nitrogen functional groups attached to an aromatic ring is 1. The number of aromatic nitrogens is 2. The van der Waals surface area contributed by atoms with Crippen LogP contribution < -0.4 is 11.3 Å². The van der Waals surface area contributed by atoms with Crippen LogP contribution in [0.25, 0.3) is 0 Å². The lowest BCUT2D eigenvalue weighted by atomic mass is 10.5. The molecule has 1 aliphatic rings. The van der Waals surface area contributed by atoms with Gasteiger partial charge in [-0.25, -0.2) is 0 Å². The van der Waals surface area contributed by atoms with E-state index in [-0.39, 0.29) is 29.8 Å². The summed E-state index contributed by atoms with van der Waals surface area (Å²) in [6.45, 7) is -0.0330. The average molecular weight is 229 g/mol. The van der Waals surface area contributed by atoms with Gasteiger partial charge in [-0.1, -0.05) is 0 Å². The molecular weight excluding hydrogens is 218 g/mol. The first-order valence-electron chi connectivity index (χ1n) is 4.43. The number of hydrogen-bond acceptors (Lipinski definition) is 6. The molecule has 82 valence electrons. The van der Waals surface area contributed by atoms with E-state index in [2.05, 4.69) is 4.98 Å². The van der Waals surface area contributed by atoms with E-state index in [1.165, 1.54) is 17.8 Å². The molecular formula is C8H11N3O3S. The molecule has 2 heterocycles. The number of ether oxygens (including phenoxy) is 1. The Morgan fingerprint density at radius 1 is 1.80 bits per heavy atom. The molecule has 1 aromatic rings. The first-order chi connectivity index (χ1) is 7.20. The van der Waals surface area contributed by atoms with E-state index in [9.17, 15) is 4.79 Å². The zero-order valence-electron chi connectivity index (χ0n) is 7.87. The van der Waals surface area contributed by atoms with Crippen LogP contribution in [0.3, 0.4) is 0 Å². The van der Waals surface area contributed by atoms with Gasteiger partial charge in [0.25, 0.3) is 5.56 Å². The Morgan fingerprint density at radius 3 is 3.20 bits per heavy atom. The van der Waals surface area contributed by atoms with Crippen molar-refractivity contribution in [3.8, 4) is 0 Å². The van der Waals surface area contributed by atoms with Gasteiger partial charge < -0.3 is 15.6 Å². The summed E-state index contributed by atoms with van der Waals surface area (Å²) in [4.78, 5) is 14.5. The molecule has 0 saturated carbocycles. The Kier molecular flexibility index (Phi) is 2.94. The molecule has 1 aliphatic heterocycles. The molecule has 0 aliphatic carbocycles. The van der Waals surface area contributed by atoms with E-state index in [4.69, 9.17) is 15.6 Å². The van der Waals surface area contributed by atoms with Crippen molar-refractivity contribution in [2.45, 2.75) is 11.7 Å². The molecule has 0 aromatic carbocycles. The van der Waals surface area contributed by atoms with Gasteiger partial charge in [0.2, 0.25) is 5.95 Å². The lowest BCUT2D eigenvalue weighted by molar-refractivity contribution is -0.00328. The maximum absolute atomic E-state index is 10.9. The highest BCUT2D eigenvalue weighted by Crippen LogP contribution is 2.31. The van der Waals surface area contributed by atoms with E-state index >= 15 is 0 Å². The summed E-state index contributed by atoms with van der Waals surface area (Å²) < 4.78 is 7.06. The van der Waals surface area contributed by atoms with E-state index in [0.29, 0.717) is 5.75 Å². The molecule has 7 heteroatoms. The Balaban J connectivity index is 2.20. The molecule has 2 unspecified atom stereocenters. The summed E-state index contributed by atoms with van der Waals surface area (Å²) >= 11 is 1.50. The topological polar surface area (TPSA) is 90.4 Å². The third kappa shape index (κ3) is 2.14. The molecule has 1 aromatic heterocycles. The van der Waals surface area contributed by atoms with Crippen LogP contribution in [0, 0.1) is 0 Å². The fraction of sp³-hybridized carbons (Fsp3) is 0.500. The van der Waals surface area contributed by atoms with Crippen molar-refractivity contribution >= 4 is 17.7 Å². The number of aliphatic hydroxyl groups excluding tert-OH is 1. The van der Waals surface area contributed by atoms with Gasteiger partial charge in [0.1, 0.15) is 11.7 Å². The van der Waals surface area contributed by atoms with Crippen molar-refractivity contribution in [3.05, 3.63) is 22.6 Å². The molecule has 0 bridgehead atoms. The van der Waals surface area contributed by atoms with E-state index in [0.717, 1.165) is 0 Å². The molecule has 2 rings (SSSR count). The van der Waals surface area contributed by atoms with Crippen LogP contribution in [0.2, 0.25) is 0 Å². The monoisotopic (exact) mass is 229 g/mol. The lowest BCUT2D eigenvalue weighted by Gasteiger charge is -2.15. The van der Waals surface area contributed by atoms with E-state index in [1.807, 2.05) is 0 Å². The van der Waals surface area contributed by atoms with Gasteiger partial charge >= 0.3 is 0 Å². The van der Waals surface area contributed by atoms with Crippen molar-refractivity contribution in [3.63, 3.8) is 0 Å². The van der Waals surface area contributed by atoms with Crippen LogP contribution in [0.1, 0.15) is 6.23 Å². The van der Waals surface area contributed by atoms with E-state index < -0.39 is 0 Å². The van der Waals surface area contributed by atoms with Crippen molar-refractivity contribution in [2.24, 2.45) is 0 Å². The maximum Gasteiger partial charge on any atom is 0.274 e. The average Bonchev–Trinajstić information content (AvgIpc) is 2.66. The molecule has 6 nitrogen and oxygen atoms in total. The van der Waals surface area contributed by atoms with Crippen molar-refractivity contribution in [2.75, 3.05) is 18.1 Å². The smallest absolute Gasteiger partial charge is 0.274 e. The number of nitrogens with zero attached hydrogens (tertiary/aromatic N) is 2. The van der Waals surface area contributed by atoms with Gasteiger partial charge in [-0.15, -0.1) is 11.8 Å². The summed E-state index contributed by atoms with van der Waals surface area (Å²) in [6, 6.07) is 1.33. The molecule has 1 fully saturated rings. The number of rotatable bonds is 2. The lowest BCUT2D eigenvalue weighted by Crippen LogP contribution is -2.21. The SMILES string of the molecule is Nc1nc(=O)ccn1C1CSC(CO)O1. The second-order valence-electron chi connectivity index (χ2n) is 3.07. The van der Waals surface area contributed by atoms with Crippen LogP contribution in [-0.4, -0.2) is 32.5 Å². The summed E-state index contributed by atoms with van der Waals surface area (Å²) in [5, 5.41) is 8.89. The van der Waals surface area contributed by atoms with Gasteiger partial charge in [0.15, 0.2) is 0 Å². The van der Waals surface area contributed by atoms with Gasteiger partial charge in [0.05, 0.1) is 6.61 Å². The van der Waals surface area contributed by atoms with Crippen LogP contribution in [0.5, 0.6) is 0 Å². The van der Waals surface area contributed by atoms with Crippen LogP contribution in [-0.2, 0) is 4.74 Å². The van der Waals surface area contributed by atoms with Crippen LogP contribution in [0.4, 0.5) is 5.95 Å². The Hall–Kier alpha value is -1.05. The summed E-state index contributed by atoms with van der Waals surface area (Å²) in [5.41, 5.74) is 4.99. The third-order valence-corrected chi connectivity index (χ3v) is 3.17. The van der Waals surface area contributed by atoms with Gasteiger partial charge in [0, 0.05) is 18.0 Å². The predicted octanol–water partition coefficient (Wildman–Crippen LogP) is -0.594. The minimum Gasteiger partial charge on any atom is -0.393 e. The van der Waals surface area contributed by atoms with Crippen LogP contribution >= 0.6 is 11.8 Å². The summed E-state index contributed by atoms with van der Waals surface area (Å²) in [5.74, 6) is 0.812. The Bertz CT molecular complexity index is 408. The van der Waals surface area contributed by atoms with Gasteiger partial charge in [-0.2, -0.15) is 4.98 Å². The third-order valence-electron chi connectivity index (χ3n) is 2.06. The van der Waals surface area contributed by atoms with E-state index in [1.54, 1.807) is 10.8 Å². The molecule has 2 atom stereocenters. The highest BCUT2D eigenvalue weighted by molar-refractivity contribution is 8.00. The van der Waals surface area contributed by atoms with Crippen molar-refractivity contribution < 1.29 is 9.84 Å². The molecule has 0 spiro atoms. The van der Waals surface area contributed by atoms with Crippen LogP contribution in [0.15, 0.2) is 17.1 Å². The largest absolute Gasteiger partial charge is 0.393 e. The number of thioether (sulfide) groups is 1. The second kappa shape index (κ2) is 4.21. The molecule has 0 amide bonds. The second-order valence-corrected chi connectivity index (χ2v) is 4.26. The zero-order valence-corrected chi connectivity index (χ0v) is 8.68. The van der Waals surface area contributed by atoms with Crippen molar-refractivity contribution in [1.29, 1.82) is 0 Å². The fourth-order valence-corrected chi connectivity index (χ4v) is 2.29. The highest BCUT2D eigenvalue weighted by Gasteiger charge is 2.27. The molecule has 3 N–H and O–H groups in total. The van der Waals surface area contributed by atoms with Gasteiger partial charge in [-0.3, -0.25) is 9.36 Å². The molecule has 15 heavy (non-hydrogen) atoms. The number of hydrogen-bond donors (Lipinski definition) is 2. The minimum absolute atomic E-state index is 0.0330. The highest BCUT2D eigenvalue weighted by atomic mass is 32.2. The number of nitrogens with two attached hydrogens (primary N) is 1. The maximum atomic E-state index is 10.9. The molecule has 1 saturated heterocycles. The zero-order chi connectivity index (χ0) is 10.8. The molecule has 0 radical (unpaired) electrons. The first-order valence-corrected chi connectivity index (χ1v) is 5.48. The standard InChI is InChI=1S/C8H11N3O3S/c9-8-10-5(13)1-2-11(8)6-4-15-7(3-12)14-6/h1-2,6-7,12H,3-4H2,(H2,9,10,13). The van der Waals surface area contributed by atoms with Gasteiger partial charge in [-0.05, 0) is 0 Å². The first kappa shape index (κ1) is 10.5. The fourth-order valence-electron chi connectivity index (χ4n) is 1.36. The Morgan fingerprint density at radius 2 is 2.60 bits per heavy atom. The summed E-state index contributed by atoms with van der Waals surface area (Å²) in [7, 11) is 0. The Labute approximate surface area is 90.1 Å². The number of aliphatic hydroxyl groups is 1. The summed E-state index contributed by atoms with van der Waals surface area (Å²) in [6.07, 6.45) is 1.29. The number of anilines is 1. The van der Waals surface area contributed by atoms with Crippen molar-refractivity contribution in [1.82, 2.24) is 9.55 Å². The minimum atomic E-state index is -0.367. The quantitative estimate of drug-likeness (QED) is 0.704.